The third-order valence-electron chi connectivity index (χ3n) is 5.10. The number of carbonyl (C=O) groups is 1. The lowest BCUT2D eigenvalue weighted by atomic mass is 9.76. The van der Waals surface area contributed by atoms with E-state index in [1.54, 1.807) is 0 Å². The number of benzene rings is 2. The van der Waals surface area contributed by atoms with Crippen molar-refractivity contribution < 1.29 is 9.53 Å². The van der Waals surface area contributed by atoms with Crippen LogP contribution < -0.4 is 5.32 Å². The van der Waals surface area contributed by atoms with E-state index in [1.165, 1.54) is 11.1 Å². The van der Waals surface area contributed by atoms with Crippen molar-refractivity contribution in [3.8, 4) is 0 Å². The smallest absolute Gasteiger partial charge is 0.338 e. The summed E-state index contributed by atoms with van der Waals surface area (Å²) in [6.45, 7) is 2.22. The molecule has 0 saturated carbocycles. The number of rotatable bonds is 3. The summed E-state index contributed by atoms with van der Waals surface area (Å²) in [7, 11) is 0. The van der Waals surface area contributed by atoms with Gasteiger partial charge in [-0.25, -0.2) is 4.79 Å². The Balaban J connectivity index is 1.71. The number of halogens is 1. The van der Waals surface area contributed by atoms with Crippen molar-refractivity contribution in [1.82, 2.24) is 0 Å². The van der Waals surface area contributed by atoms with Crippen molar-refractivity contribution in [3.63, 3.8) is 0 Å². The van der Waals surface area contributed by atoms with E-state index >= 15 is 0 Å². The number of esters is 1. The molecule has 128 valence electrons. The van der Waals surface area contributed by atoms with Gasteiger partial charge in [0.2, 0.25) is 0 Å². The highest BCUT2D eigenvalue weighted by atomic mass is 79.9. The first-order chi connectivity index (χ1) is 12.2. The maximum Gasteiger partial charge on any atom is 0.338 e. The van der Waals surface area contributed by atoms with Crippen LogP contribution in [0.5, 0.6) is 0 Å². The zero-order chi connectivity index (χ0) is 17.4. The molecule has 0 radical (unpaired) electrons. The highest BCUT2D eigenvalue weighted by molar-refractivity contribution is 9.10. The van der Waals surface area contributed by atoms with E-state index in [4.69, 9.17) is 4.74 Å². The molecule has 25 heavy (non-hydrogen) atoms. The molecule has 4 heteroatoms. The summed E-state index contributed by atoms with van der Waals surface area (Å²) >= 11 is 3.51. The fourth-order valence-corrected chi connectivity index (χ4v) is 4.20. The van der Waals surface area contributed by atoms with Crippen molar-refractivity contribution in [2.75, 3.05) is 11.9 Å². The Labute approximate surface area is 156 Å². The molecule has 1 aliphatic heterocycles. The van der Waals surface area contributed by atoms with Crippen LogP contribution in [-0.4, -0.2) is 12.6 Å². The summed E-state index contributed by atoms with van der Waals surface area (Å²) in [5, 5.41) is 3.69. The van der Waals surface area contributed by atoms with E-state index in [9.17, 15) is 4.79 Å². The van der Waals surface area contributed by atoms with Crippen LogP contribution in [0.25, 0.3) is 0 Å². The Hall–Kier alpha value is -2.07. The lowest BCUT2D eigenvalue weighted by Crippen LogP contribution is -2.29. The minimum atomic E-state index is -0.251. The third-order valence-corrected chi connectivity index (χ3v) is 5.63. The monoisotopic (exact) mass is 397 g/mol. The Morgan fingerprint density at radius 2 is 2.04 bits per heavy atom. The topological polar surface area (TPSA) is 38.3 Å². The third kappa shape index (κ3) is 2.99. The van der Waals surface area contributed by atoms with E-state index in [-0.39, 0.29) is 12.0 Å². The van der Waals surface area contributed by atoms with E-state index in [0.29, 0.717) is 24.0 Å². The van der Waals surface area contributed by atoms with Gasteiger partial charge in [0.05, 0.1) is 18.2 Å². The molecule has 1 heterocycles. The SMILES string of the molecule is CCOC(=O)c1ccc2c(c1)[C@@H]1C=CC[C@@H]1[C@@H](c1ccc(Br)cc1)N2. The normalized spacial score (nSPS) is 23.5. The predicted molar refractivity (Wildman–Crippen MR) is 103 cm³/mol. The van der Waals surface area contributed by atoms with Crippen LogP contribution in [0, 0.1) is 5.92 Å². The van der Waals surface area contributed by atoms with Crippen molar-refractivity contribution in [3.05, 3.63) is 75.8 Å². The summed E-state index contributed by atoms with van der Waals surface area (Å²) < 4.78 is 6.24. The van der Waals surface area contributed by atoms with Crippen LogP contribution >= 0.6 is 15.9 Å². The number of hydrogen-bond donors (Lipinski definition) is 1. The molecule has 0 fully saturated rings. The zero-order valence-corrected chi connectivity index (χ0v) is 15.6. The molecule has 2 aromatic carbocycles. The second kappa shape index (κ2) is 6.68. The van der Waals surface area contributed by atoms with Gasteiger partial charge in [0, 0.05) is 16.1 Å². The molecule has 1 N–H and O–H groups in total. The molecule has 3 atom stereocenters. The summed E-state index contributed by atoms with van der Waals surface area (Å²) in [5.74, 6) is 0.546. The van der Waals surface area contributed by atoms with Gasteiger partial charge in [0.15, 0.2) is 0 Å². The molecule has 0 unspecified atom stereocenters. The molecule has 3 nitrogen and oxygen atoms in total. The van der Waals surface area contributed by atoms with Gasteiger partial charge in [-0.05, 0) is 60.7 Å². The standard InChI is InChI=1S/C21H20BrNO2/c1-2-25-21(24)14-8-11-19-18(12-14)16-4-3-5-17(16)20(23-19)13-6-9-15(22)10-7-13/h3-4,6-12,16-17,20,23H,2,5H2,1H3/t16-,17+,20-/m1/s1. The second-order valence-corrected chi connectivity index (χ2v) is 7.47. The number of fused-ring (bicyclic) bond motifs is 3. The maximum absolute atomic E-state index is 12.1. The van der Waals surface area contributed by atoms with Crippen LogP contribution in [0.3, 0.4) is 0 Å². The molecule has 0 aromatic heterocycles. The average molecular weight is 398 g/mol. The summed E-state index contributed by atoms with van der Waals surface area (Å²) in [4.78, 5) is 12.1. The Bertz CT molecular complexity index is 828. The lowest BCUT2D eigenvalue weighted by Gasteiger charge is -2.37. The molecule has 0 spiro atoms. The van der Waals surface area contributed by atoms with Crippen molar-refractivity contribution >= 4 is 27.6 Å². The average Bonchev–Trinajstić information content (AvgIpc) is 3.11. The predicted octanol–water partition coefficient (Wildman–Crippen LogP) is 5.45. The fourth-order valence-electron chi connectivity index (χ4n) is 3.94. The molecule has 0 amide bonds. The summed E-state index contributed by atoms with van der Waals surface area (Å²) in [6.07, 6.45) is 5.58. The van der Waals surface area contributed by atoms with Gasteiger partial charge >= 0.3 is 5.97 Å². The number of allylic oxidation sites excluding steroid dienone is 2. The van der Waals surface area contributed by atoms with Crippen molar-refractivity contribution in [2.24, 2.45) is 5.92 Å². The molecular weight excluding hydrogens is 378 g/mol. The molecule has 2 aromatic rings. The van der Waals surface area contributed by atoms with Gasteiger partial charge in [-0.2, -0.15) is 0 Å². The Kier molecular flexibility index (Phi) is 4.38. The van der Waals surface area contributed by atoms with Gasteiger partial charge in [0.25, 0.3) is 0 Å². The van der Waals surface area contributed by atoms with Gasteiger partial charge in [0.1, 0.15) is 0 Å². The largest absolute Gasteiger partial charge is 0.462 e. The van der Waals surface area contributed by atoms with Gasteiger partial charge in [-0.15, -0.1) is 0 Å². The molecule has 4 rings (SSSR count). The van der Waals surface area contributed by atoms with Gasteiger partial charge in [-0.3, -0.25) is 0 Å². The minimum absolute atomic E-state index is 0.251. The number of ether oxygens (including phenoxy) is 1. The number of carbonyl (C=O) groups excluding carboxylic acids is 1. The first kappa shape index (κ1) is 16.4. The summed E-state index contributed by atoms with van der Waals surface area (Å²) in [6, 6.07) is 14.7. The van der Waals surface area contributed by atoms with Crippen molar-refractivity contribution in [2.45, 2.75) is 25.3 Å². The van der Waals surface area contributed by atoms with E-state index in [0.717, 1.165) is 16.6 Å². The minimum Gasteiger partial charge on any atom is -0.462 e. The fraction of sp³-hybridized carbons (Fsp3) is 0.286. The van der Waals surface area contributed by atoms with Crippen LogP contribution in [-0.2, 0) is 4.74 Å². The Morgan fingerprint density at radius 3 is 2.80 bits per heavy atom. The molecule has 1 aliphatic carbocycles. The highest BCUT2D eigenvalue weighted by Gasteiger charge is 2.38. The second-order valence-electron chi connectivity index (χ2n) is 6.55. The Morgan fingerprint density at radius 1 is 1.24 bits per heavy atom. The molecule has 0 saturated heterocycles. The van der Waals surface area contributed by atoms with E-state index < -0.39 is 0 Å². The van der Waals surface area contributed by atoms with Crippen LogP contribution in [0.2, 0.25) is 0 Å². The number of anilines is 1. The van der Waals surface area contributed by atoms with Crippen LogP contribution in [0.15, 0.2) is 59.1 Å². The first-order valence-corrected chi connectivity index (χ1v) is 9.46. The lowest BCUT2D eigenvalue weighted by molar-refractivity contribution is 0.0526. The first-order valence-electron chi connectivity index (χ1n) is 8.67. The molecule has 2 aliphatic rings. The van der Waals surface area contributed by atoms with Gasteiger partial charge < -0.3 is 10.1 Å². The summed E-state index contributed by atoms with van der Waals surface area (Å²) in [5.41, 5.74) is 4.22. The van der Waals surface area contributed by atoms with E-state index in [2.05, 4.69) is 57.7 Å². The van der Waals surface area contributed by atoms with Crippen LogP contribution in [0.4, 0.5) is 5.69 Å². The maximum atomic E-state index is 12.1. The molecular formula is C21H20BrNO2. The highest BCUT2D eigenvalue weighted by Crippen LogP contribution is 2.50. The zero-order valence-electron chi connectivity index (χ0n) is 14.0. The molecule has 0 bridgehead atoms. The number of hydrogen-bond acceptors (Lipinski definition) is 3. The van der Waals surface area contributed by atoms with Crippen molar-refractivity contribution in [1.29, 1.82) is 0 Å². The van der Waals surface area contributed by atoms with E-state index in [1.807, 2.05) is 25.1 Å². The number of nitrogens with one attached hydrogen (secondary N) is 1. The van der Waals surface area contributed by atoms with Gasteiger partial charge in [-0.1, -0.05) is 40.2 Å². The quantitative estimate of drug-likeness (QED) is 0.552. The van der Waals surface area contributed by atoms with Crippen LogP contribution in [0.1, 0.15) is 46.8 Å².